The van der Waals surface area contributed by atoms with Crippen molar-refractivity contribution in [3.05, 3.63) is 104 Å². The largest absolute Gasteiger partial charge is 0.352 e. The Hall–Kier alpha value is -1.89. The van der Waals surface area contributed by atoms with Gasteiger partial charge in [0, 0.05) is 50.4 Å². The summed E-state index contributed by atoms with van der Waals surface area (Å²) in [5.41, 5.74) is 2.43. The van der Waals surface area contributed by atoms with Gasteiger partial charge in [0.15, 0.2) is 0 Å². The van der Waals surface area contributed by atoms with Gasteiger partial charge in [-0.05, 0) is 48.7 Å². The first kappa shape index (κ1) is 30.6. The van der Waals surface area contributed by atoms with Gasteiger partial charge in [-0.1, -0.05) is 95.8 Å². The van der Waals surface area contributed by atoms with Crippen LogP contribution in [0.25, 0.3) is 0 Å². The van der Waals surface area contributed by atoms with Crippen LogP contribution in [-0.4, -0.2) is 34.6 Å². The Morgan fingerprint density at radius 2 is 1.61 bits per heavy atom. The fraction of sp³-hybridized carbons (Fsp3) is 0.310. The molecule has 0 unspecified atom stereocenters. The van der Waals surface area contributed by atoms with Gasteiger partial charge in [0.1, 0.15) is 6.04 Å². The molecule has 202 valence electrons. The van der Waals surface area contributed by atoms with Gasteiger partial charge in [0.05, 0.1) is 5.75 Å². The predicted octanol–water partition coefficient (Wildman–Crippen LogP) is 8.09. The third-order valence-corrected chi connectivity index (χ3v) is 8.42. The maximum absolute atomic E-state index is 13.8. The summed E-state index contributed by atoms with van der Waals surface area (Å²) in [4.78, 5) is 29.0. The summed E-state index contributed by atoms with van der Waals surface area (Å²) < 4.78 is 0. The number of carbonyl (C=O) groups is 2. The van der Waals surface area contributed by atoms with Crippen molar-refractivity contribution in [1.82, 2.24) is 10.2 Å². The number of benzene rings is 3. The van der Waals surface area contributed by atoms with Gasteiger partial charge in [0.25, 0.3) is 0 Å². The van der Waals surface area contributed by atoms with Crippen LogP contribution in [0.5, 0.6) is 0 Å². The van der Waals surface area contributed by atoms with Gasteiger partial charge >= 0.3 is 0 Å². The second-order valence-electron chi connectivity index (χ2n) is 8.97. The molecule has 3 aromatic carbocycles. The Labute approximate surface area is 249 Å². The molecule has 0 spiro atoms. The molecule has 0 saturated heterocycles. The van der Waals surface area contributed by atoms with Crippen LogP contribution in [-0.2, 0) is 28.3 Å². The molecule has 9 heteroatoms. The summed E-state index contributed by atoms with van der Waals surface area (Å²) in [6, 6.07) is 19.4. The van der Waals surface area contributed by atoms with Crippen LogP contribution in [0.4, 0.5) is 0 Å². The predicted molar refractivity (Wildman–Crippen MR) is 161 cm³/mol. The molecule has 0 radical (unpaired) electrons. The molecule has 0 aliphatic rings. The van der Waals surface area contributed by atoms with E-state index >= 15 is 0 Å². The molecule has 0 aliphatic heterocycles. The fourth-order valence-electron chi connectivity index (χ4n) is 3.82. The highest BCUT2D eigenvalue weighted by Gasteiger charge is 2.31. The van der Waals surface area contributed by atoms with Crippen LogP contribution >= 0.6 is 58.2 Å². The Morgan fingerprint density at radius 3 is 2.24 bits per heavy atom. The number of nitrogens with zero attached hydrogens (tertiary/aromatic N) is 1. The molecule has 2 atom stereocenters. The summed E-state index contributed by atoms with van der Waals surface area (Å²) in [5, 5.41) is 5.04. The number of hydrogen-bond acceptors (Lipinski definition) is 3. The van der Waals surface area contributed by atoms with E-state index in [1.165, 1.54) is 11.8 Å². The number of rotatable bonds is 12. The lowest BCUT2D eigenvalue weighted by Gasteiger charge is -2.32. The Morgan fingerprint density at radius 1 is 0.921 bits per heavy atom. The van der Waals surface area contributed by atoms with Crippen molar-refractivity contribution in [1.29, 1.82) is 0 Å². The first-order valence-electron chi connectivity index (χ1n) is 12.3. The van der Waals surface area contributed by atoms with Crippen LogP contribution < -0.4 is 5.32 Å². The minimum atomic E-state index is -0.758. The monoisotopic (exact) mass is 610 g/mol. The molecule has 3 rings (SSSR count). The van der Waals surface area contributed by atoms with E-state index in [0.717, 1.165) is 17.5 Å². The first-order valence-corrected chi connectivity index (χ1v) is 14.9. The summed E-state index contributed by atoms with van der Waals surface area (Å²) in [6.07, 6.45) is 1.12. The minimum absolute atomic E-state index is 0.0388. The van der Waals surface area contributed by atoms with Gasteiger partial charge in [-0.2, -0.15) is 0 Å². The molecule has 0 saturated carbocycles. The van der Waals surface area contributed by atoms with Crippen LogP contribution in [0.2, 0.25) is 20.1 Å². The van der Waals surface area contributed by atoms with Crippen molar-refractivity contribution in [3.63, 3.8) is 0 Å². The Balaban J connectivity index is 1.91. The smallest absolute Gasteiger partial charge is 0.243 e. The molecule has 3 aromatic rings. The summed E-state index contributed by atoms with van der Waals surface area (Å²) in [7, 11) is 0. The minimum Gasteiger partial charge on any atom is -0.352 e. The second kappa shape index (κ2) is 15.0. The summed E-state index contributed by atoms with van der Waals surface area (Å²) >= 11 is 26.7. The van der Waals surface area contributed by atoms with E-state index in [-0.39, 0.29) is 30.2 Å². The van der Waals surface area contributed by atoms with Gasteiger partial charge in [-0.3, -0.25) is 9.59 Å². The van der Waals surface area contributed by atoms with Gasteiger partial charge < -0.3 is 10.2 Å². The molecule has 1 N–H and O–H groups in total. The quantitative estimate of drug-likeness (QED) is 0.225. The molecule has 0 aromatic heterocycles. The number of amides is 2. The molecule has 0 bridgehead atoms. The zero-order chi connectivity index (χ0) is 27.7. The van der Waals surface area contributed by atoms with Crippen molar-refractivity contribution in [3.8, 4) is 0 Å². The highest BCUT2D eigenvalue weighted by atomic mass is 35.5. The van der Waals surface area contributed by atoms with Crippen LogP contribution in [0, 0.1) is 0 Å². The molecule has 0 aliphatic carbocycles. The van der Waals surface area contributed by atoms with Crippen LogP contribution in [0.3, 0.4) is 0 Å². The molecule has 38 heavy (non-hydrogen) atoms. The van der Waals surface area contributed by atoms with E-state index in [4.69, 9.17) is 46.4 Å². The van der Waals surface area contributed by atoms with Crippen molar-refractivity contribution in [2.24, 2.45) is 0 Å². The van der Waals surface area contributed by atoms with Crippen LogP contribution in [0.1, 0.15) is 37.0 Å². The zero-order valence-corrected chi connectivity index (χ0v) is 25.1. The lowest BCUT2D eigenvalue weighted by molar-refractivity contribution is -0.139. The number of thioether (sulfide) groups is 1. The maximum Gasteiger partial charge on any atom is 0.243 e. The average molecular weight is 612 g/mol. The highest BCUT2D eigenvalue weighted by Crippen LogP contribution is 2.29. The van der Waals surface area contributed by atoms with Gasteiger partial charge in [0.2, 0.25) is 11.8 Å². The third kappa shape index (κ3) is 8.82. The molecule has 4 nitrogen and oxygen atoms in total. The maximum atomic E-state index is 13.8. The standard InChI is InChI=1S/C29H30Cl4N2O2S/c1-3-19(2)34-29(37)27(14-20-8-5-4-6-9-20)35(16-23-24(31)10-7-11-25(23)32)28(36)18-38-17-21-12-13-22(30)15-26(21)33/h4-13,15,19,27H,3,14,16-18H2,1-2H3,(H,34,37)/t19-,27+/m1/s1. The highest BCUT2D eigenvalue weighted by molar-refractivity contribution is 7.99. The summed E-state index contributed by atoms with van der Waals surface area (Å²) in [5.74, 6) is 0.245. The SMILES string of the molecule is CC[C@@H](C)NC(=O)[C@H](Cc1ccccc1)N(Cc1c(Cl)cccc1Cl)C(=O)CSCc1ccc(Cl)cc1Cl. The van der Waals surface area contributed by atoms with E-state index in [1.54, 1.807) is 35.2 Å². The van der Waals surface area contributed by atoms with Gasteiger partial charge in [-0.25, -0.2) is 0 Å². The number of halogens is 4. The van der Waals surface area contributed by atoms with E-state index < -0.39 is 6.04 Å². The fourth-order valence-corrected chi connectivity index (χ4v) is 5.80. The molecule has 2 amide bonds. The molecule has 0 fully saturated rings. The lowest BCUT2D eigenvalue weighted by Crippen LogP contribution is -2.52. The zero-order valence-electron chi connectivity index (χ0n) is 21.2. The van der Waals surface area contributed by atoms with Crippen molar-refractivity contribution < 1.29 is 9.59 Å². The molecular formula is C29H30Cl4N2O2S. The lowest BCUT2D eigenvalue weighted by atomic mass is 10.0. The molecule has 0 heterocycles. The van der Waals surface area contributed by atoms with E-state index in [1.807, 2.05) is 50.2 Å². The normalized spacial score (nSPS) is 12.6. The van der Waals surface area contributed by atoms with E-state index in [9.17, 15) is 9.59 Å². The van der Waals surface area contributed by atoms with Crippen molar-refractivity contribution >= 4 is 70.0 Å². The van der Waals surface area contributed by atoms with Crippen molar-refractivity contribution in [2.45, 2.75) is 51.1 Å². The first-order chi connectivity index (χ1) is 18.2. The Kier molecular flexibility index (Phi) is 12.1. The van der Waals surface area contributed by atoms with E-state index in [0.29, 0.717) is 37.8 Å². The van der Waals surface area contributed by atoms with Crippen molar-refractivity contribution in [2.75, 3.05) is 5.75 Å². The number of hydrogen-bond donors (Lipinski definition) is 1. The Bertz CT molecular complexity index is 1220. The summed E-state index contributed by atoms with van der Waals surface area (Å²) in [6.45, 7) is 4.05. The average Bonchev–Trinajstić information content (AvgIpc) is 2.89. The third-order valence-electron chi connectivity index (χ3n) is 6.16. The number of carbonyl (C=O) groups excluding carboxylic acids is 2. The second-order valence-corrected chi connectivity index (χ2v) is 11.6. The van der Waals surface area contributed by atoms with Gasteiger partial charge in [-0.15, -0.1) is 11.8 Å². The van der Waals surface area contributed by atoms with Crippen LogP contribution in [0.15, 0.2) is 66.7 Å². The molecular weight excluding hydrogens is 582 g/mol. The number of nitrogens with one attached hydrogen (secondary N) is 1. The van der Waals surface area contributed by atoms with E-state index in [2.05, 4.69) is 5.32 Å². The topological polar surface area (TPSA) is 49.4 Å².